The van der Waals surface area contributed by atoms with E-state index in [-0.39, 0.29) is 13.2 Å². The first-order chi connectivity index (χ1) is 6.77. The molecule has 0 aliphatic rings. The van der Waals surface area contributed by atoms with E-state index in [2.05, 4.69) is 0 Å². The summed E-state index contributed by atoms with van der Waals surface area (Å²) in [5.41, 5.74) is 0.808. The highest BCUT2D eigenvalue weighted by molar-refractivity contribution is 5.63. The first-order valence-corrected chi connectivity index (χ1v) is 4.04. The Morgan fingerprint density at radius 2 is 1.27 bits per heavy atom. The Kier molecular flexibility index (Phi) is 19.3. The van der Waals surface area contributed by atoms with Gasteiger partial charge in [-0.25, -0.2) is 0 Å². The predicted octanol–water partition coefficient (Wildman–Crippen LogP) is 0.0991. The SMILES string of the molecule is CC(=CCO)CO.CC(=O)O.CC(=O)O. The van der Waals surface area contributed by atoms with Crippen molar-refractivity contribution in [2.75, 3.05) is 13.2 Å². The number of hydrogen-bond acceptors (Lipinski definition) is 4. The minimum Gasteiger partial charge on any atom is -0.481 e. The van der Waals surface area contributed by atoms with Crippen LogP contribution in [0.3, 0.4) is 0 Å². The summed E-state index contributed by atoms with van der Waals surface area (Å²) in [6, 6.07) is 0. The van der Waals surface area contributed by atoms with Crippen LogP contribution in [0.2, 0.25) is 0 Å². The molecule has 0 saturated carbocycles. The Morgan fingerprint density at radius 1 is 1.00 bits per heavy atom. The van der Waals surface area contributed by atoms with Crippen LogP contribution in [0.1, 0.15) is 20.8 Å². The fourth-order valence-corrected chi connectivity index (χ4v) is 0.220. The average Bonchev–Trinajstić information content (AvgIpc) is 2.02. The Labute approximate surface area is 88.5 Å². The summed E-state index contributed by atoms with van der Waals surface area (Å²) in [5, 5.41) is 31.3. The molecular formula is C9H18O6. The fraction of sp³-hybridized carbons (Fsp3) is 0.556. The van der Waals surface area contributed by atoms with Gasteiger partial charge in [0.25, 0.3) is 11.9 Å². The highest BCUT2D eigenvalue weighted by atomic mass is 16.4. The van der Waals surface area contributed by atoms with Crippen molar-refractivity contribution in [1.82, 2.24) is 0 Å². The number of aliphatic hydroxyl groups is 2. The van der Waals surface area contributed by atoms with Gasteiger partial charge in [0, 0.05) is 13.8 Å². The van der Waals surface area contributed by atoms with Gasteiger partial charge in [-0.2, -0.15) is 0 Å². The number of carboxylic acid groups (broad SMARTS) is 2. The van der Waals surface area contributed by atoms with Crippen molar-refractivity contribution >= 4 is 11.9 Å². The van der Waals surface area contributed by atoms with Crippen molar-refractivity contribution < 1.29 is 30.0 Å². The van der Waals surface area contributed by atoms with Crippen molar-refractivity contribution in [3.05, 3.63) is 11.6 Å². The van der Waals surface area contributed by atoms with Gasteiger partial charge in [0.15, 0.2) is 0 Å². The maximum atomic E-state index is 9.00. The number of rotatable bonds is 2. The van der Waals surface area contributed by atoms with Crippen molar-refractivity contribution in [1.29, 1.82) is 0 Å². The zero-order valence-corrected chi connectivity index (χ0v) is 9.10. The largest absolute Gasteiger partial charge is 0.481 e. The molecule has 0 atom stereocenters. The molecule has 0 rings (SSSR count). The zero-order chi connectivity index (χ0) is 12.9. The molecule has 0 fully saturated rings. The molecule has 90 valence electrons. The minimum absolute atomic E-state index is 0.0202. The van der Waals surface area contributed by atoms with Gasteiger partial charge >= 0.3 is 0 Å². The Bertz CT molecular complexity index is 177. The van der Waals surface area contributed by atoms with Crippen molar-refractivity contribution in [3.8, 4) is 0 Å². The van der Waals surface area contributed by atoms with Crippen LogP contribution >= 0.6 is 0 Å². The molecule has 0 aromatic carbocycles. The predicted molar refractivity (Wildman–Crippen MR) is 54.5 cm³/mol. The topological polar surface area (TPSA) is 115 Å². The Balaban J connectivity index is -0.000000155. The molecule has 0 spiro atoms. The smallest absolute Gasteiger partial charge is 0.300 e. The maximum Gasteiger partial charge on any atom is 0.300 e. The van der Waals surface area contributed by atoms with E-state index in [1.807, 2.05) is 0 Å². The standard InChI is InChI=1S/C5H10O2.2C2H4O2/c1-5(4-7)2-3-6;2*1-2(3)4/h2,6-7H,3-4H2,1H3;2*1H3,(H,3,4). The molecule has 0 unspecified atom stereocenters. The zero-order valence-electron chi connectivity index (χ0n) is 9.10. The fourth-order valence-electron chi connectivity index (χ4n) is 0.220. The van der Waals surface area contributed by atoms with E-state index in [9.17, 15) is 0 Å². The molecule has 0 saturated heterocycles. The molecule has 15 heavy (non-hydrogen) atoms. The third-order valence-corrected chi connectivity index (χ3v) is 0.689. The van der Waals surface area contributed by atoms with Gasteiger partial charge in [0.2, 0.25) is 0 Å². The first-order valence-electron chi connectivity index (χ1n) is 4.04. The van der Waals surface area contributed by atoms with Gasteiger partial charge in [0.1, 0.15) is 0 Å². The molecule has 6 heteroatoms. The summed E-state index contributed by atoms with van der Waals surface area (Å²) in [6.07, 6.45) is 1.57. The molecule has 4 N–H and O–H groups in total. The third-order valence-electron chi connectivity index (χ3n) is 0.689. The van der Waals surface area contributed by atoms with Crippen LogP contribution in [0.5, 0.6) is 0 Å². The lowest BCUT2D eigenvalue weighted by molar-refractivity contribution is -0.135. The number of aliphatic carboxylic acids is 2. The maximum absolute atomic E-state index is 9.00. The van der Waals surface area contributed by atoms with Crippen molar-refractivity contribution in [2.45, 2.75) is 20.8 Å². The average molecular weight is 222 g/mol. The molecule has 0 radical (unpaired) electrons. The van der Waals surface area contributed by atoms with Crippen molar-refractivity contribution in [3.63, 3.8) is 0 Å². The van der Waals surface area contributed by atoms with Crippen LogP contribution in [-0.4, -0.2) is 45.6 Å². The Morgan fingerprint density at radius 3 is 1.33 bits per heavy atom. The van der Waals surface area contributed by atoms with E-state index >= 15 is 0 Å². The monoisotopic (exact) mass is 222 g/mol. The van der Waals surface area contributed by atoms with E-state index in [1.165, 1.54) is 0 Å². The van der Waals surface area contributed by atoms with Crippen LogP contribution in [0.15, 0.2) is 11.6 Å². The lowest BCUT2D eigenvalue weighted by Crippen LogP contribution is -1.85. The van der Waals surface area contributed by atoms with Gasteiger partial charge in [-0.05, 0) is 12.5 Å². The van der Waals surface area contributed by atoms with E-state index in [1.54, 1.807) is 13.0 Å². The van der Waals surface area contributed by atoms with Gasteiger partial charge in [-0.3, -0.25) is 9.59 Å². The molecule has 0 heterocycles. The molecule has 0 amide bonds. The minimum atomic E-state index is -0.833. The molecule has 0 aliphatic carbocycles. The number of hydrogen-bond donors (Lipinski definition) is 4. The van der Waals surface area contributed by atoms with E-state index in [4.69, 9.17) is 30.0 Å². The van der Waals surface area contributed by atoms with Crippen LogP contribution in [0.25, 0.3) is 0 Å². The molecule has 6 nitrogen and oxygen atoms in total. The lowest BCUT2D eigenvalue weighted by atomic mass is 10.3. The third kappa shape index (κ3) is 109. The van der Waals surface area contributed by atoms with Crippen molar-refractivity contribution in [2.24, 2.45) is 0 Å². The molecular weight excluding hydrogens is 204 g/mol. The van der Waals surface area contributed by atoms with E-state index in [0.717, 1.165) is 19.4 Å². The van der Waals surface area contributed by atoms with E-state index < -0.39 is 11.9 Å². The summed E-state index contributed by atoms with van der Waals surface area (Å²) in [6.45, 7) is 3.99. The second-order valence-electron chi connectivity index (χ2n) is 2.43. The van der Waals surface area contributed by atoms with Gasteiger partial charge in [0.05, 0.1) is 13.2 Å². The van der Waals surface area contributed by atoms with Crippen LogP contribution < -0.4 is 0 Å². The lowest BCUT2D eigenvalue weighted by Gasteiger charge is -1.87. The molecule has 0 aromatic rings. The summed E-state index contributed by atoms with van der Waals surface area (Å²) in [5.74, 6) is -1.67. The van der Waals surface area contributed by atoms with Crippen LogP contribution in [0.4, 0.5) is 0 Å². The first kappa shape index (κ1) is 19.2. The summed E-state index contributed by atoms with van der Waals surface area (Å²) >= 11 is 0. The molecule has 0 aliphatic heterocycles. The highest BCUT2D eigenvalue weighted by Crippen LogP contribution is 1.85. The van der Waals surface area contributed by atoms with E-state index in [0.29, 0.717) is 0 Å². The van der Waals surface area contributed by atoms with Crippen LogP contribution in [-0.2, 0) is 9.59 Å². The highest BCUT2D eigenvalue weighted by Gasteiger charge is 1.78. The number of aliphatic hydroxyl groups excluding tert-OH is 2. The number of carboxylic acids is 2. The summed E-state index contributed by atoms with van der Waals surface area (Å²) in [7, 11) is 0. The second kappa shape index (κ2) is 15.1. The summed E-state index contributed by atoms with van der Waals surface area (Å²) < 4.78 is 0. The Hall–Kier alpha value is -1.40. The van der Waals surface area contributed by atoms with Gasteiger partial charge in [-0.1, -0.05) is 6.08 Å². The summed E-state index contributed by atoms with van der Waals surface area (Å²) in [4.78, 5) is 18.0. The normalized spacial score (nSPS) is 9.00. The second-order valence-corrected chi connectivity index (χ2v) is 2.43. The molecule has 0 bridgehead atoms. The molecule has 0 aromatic heterocycles. The van der Waals surface area contributed by atoms with Gasteiger partial charge in [-0.15, -0.1) is 0 Å². The quantitative estimate of drug-likeness (QED) is 0.492. The number of carbonyl (C=O) groups is 2. The van der Waals surface area contributed by atoms with Crippen LogP contribution in [0, 0.1) is 0 Å². The van der Waals surface area contributed by atoms with Gasteiger partial charge < -0.3 is 20.4 Å².